The molecule has 7 nitrogen and oxygen atoms in total. The Labute approximate surface area is 155 Å². The number of nitrogens with one attached hydrogen (secondary N) is 1. The summed E-state index contributed by atoms with van der Waals surface area (Å²) in [6.07, 6.45) is 2.60. The van der Waals surface area contributed by atoms with Crippen molar-refractivity contribution in [3.8, 4) is 0 Å². The average Bonchev–Trinajstić information content (AvgIpc) is 2.62. The van der Waals surface area contributed by atoms with Crippen molar-refractivity contribution < 1.29 is 18.3 Å². The van der Waals surface area contributed by atoms with E-state index in [0.29, 0.717) is 19.4 Å². The summed E-state index contributed by atoms with van der Waals surface area (Å²) in [7, 11) is -3.64. The molecule has 0 aliphatic carbocycles. The van der Waals surface area contributed by atoms with Crippen LogP contribution in [0.25, 0.3) is 0 Å². The smallest absolute Gasteiger partial charge is 0.307 e. The Morgan fingerprint density at radius 1 is 1.19 bits per heavy atom. The van der Waals surface area contributed by atoms with Crippen LogP contribution in [0.15, 0.2) is 24.3 Å². The highest BCUT2D eigenvalue weighted by Gasteiger charge is 2.34. The van der Waals surface area contributed by atoms with Crippen molar-refractivity contribution >= 4 is 21.9 Å². The molecular weight excluding hydrogens is 354 g/mol. The topological polar surface area (TPSA) is 90.0 Å². The molecule has 8 heteroatoms. The summed E-state index contributed by atoms with van der Waals surface area (Å²) in [6.45, 7) is 4.12. The molecule has 2 aliphatic heterocycles. The van der Waals surface area contributed by atoms with Crippen molar-refractivity contribution in [1.29, 1.82) is 0 Å². The van der Waals surface area contributed by atoms with Gasteiger partial charge in [0.05, 0.1) is 5.92 Å². The number of carboxylic acids is 1. The zero-order chi connectivity index (χ0) is 18.7. The largest absolute Gasteiger partial charge is 0.481 e. The van der Waals surface area contributed by atoms with Crippen molar-refractivity contribution in [3.63, 3.8) is 0 Å². The molecule has 2 heterocycles. The normalized spacial score (nSPS) is 23.1. The first-order chi connectivity index (χ1) is 12.3. The maximum atomic E-state index is 12.6. The molecule has 2 saturated heterocycles. The number of carboxylic acid groups (broad SMARTS) is 1. The Hall–Kier alpha value is -1.64. The van der Waals surface area contributed by atoms with E-state index in [-0.39, 0.29) is 12.6 Å². The van der Waals surface area contributed by atoms with Gasteiger partial charge in [-0.2, -0.15) is 17.4 Å². The van der Waals surface area contributed by atoms with Crippen LogP contribution in [0, 0.1) is 12.8 Å². The highest BCUT2D eigenvalue weighted by molar-refractivity contribution is 7.87. The summed E-state index contributed by atoms with van der Waals surface area (Å²) in [4.78, 5) is 13.4. The molecule has 0 unspecified atom stereocenters. The lowest BCUT2D eigenvalue weighted by Crippen LogP contribution is -2.52. The fraction of sp³-hybridized carbons (Fsp3) is 0.611. The molecule has 1 atom stereocenters. The summed E-state index contributed by atoms with van der Waals surface area (Å²) in [5.41, 5.74) is 2.38. The van der Waals surface area contributed by atoms with Gasteiger partial charge in [0.1, 0.15) is 0 Å². The minimum atomic E-state index is -3.64. The molecular formula is C18H27N3O4S. The van der Waals surface area contributed by atoms with Crippen LogP contribution in [0.3, 0.4) is 0 Å². The van der Waals surface area contributed by atoms with Crippen molar-refractivity contribution in [2.24, 2.45) is 5.92 Å². The summed E-state index contributed by atoms with van der Waals surface area (Å²) < 4.78 is 29.3. The summed E-state index contributed by atoms with van der Waals surface area (Å²) >= 11 is 0. The number of piperidine rings is 2. The molecule has 26 heavy (non-hydrogen) atoms. The number of nitrogens with zero attached hydrogens (tertiary/aromatic N) is 2. The van der Waals surface area contributed by atoms with Gasteiger partial charge in [-0.05, 0) is 50.3 Å². The first-order valence-electron chi connectivity index (χ1n) is 9.17. The number of benzene rings is 1. The van der Waals surface area contributed by atoms with Gasteiger partial charge in [-0.25, -0.2) is 0 Å². The SMILES string of the molecule is Cc1cccc(N2CCC(NS(=O)(=O)N3CCC[C@@H](C(=O)O)C3)CC2)c1. The molecule has 2 fully saturated rings. The zero-order valence-electron chi connectivity index (χ0n) is 15.1. The van der Waals surface area contributed by atoms with E-state index in [2.05, 4.69) is 34.7 Å². The second-order valence-electron chi connectivity index (χ2n) is 7.26. The van der Waals surface area contributed by atoms with E-state index in [1.807, 2.05) is 6.07 Å². The predicted molar refractivity (Wildman–Crippen MR) is 100 cm³/mol. The molecule has 144 valence electrons. The minimum Gasteiger partial charge on any atom is -0.481 e. The van der Waals surface area contributed by atoms with Gasteiger partial charge in [0.2, 0.25) is 0 Å². The van der Waals surface area contributed by atoms with Crippen molar-refractivity contribution in [2.45, 2.75) is 38.6 Å². The third kappa shape index (κ3) is 4.55. The molecule has 3 rings (SSSR count). The Morgan fingerprint density at radius 2 is 1.92 bits per heavy atom. The third-order valence-electron chi connectivity index (χ3n) is 5.25. The number of carbonyl (C=O) groups is 1. The number of hydrogen-bond donors (Lipinski definition) is 2. The number of aliphatic carboxylic acids is 1. The lowest BCUT2D eigenvalue weighted by atomic mass is 10.0. The molecule has 1 aromatic carbocycles. The molecule has 2 aliphatic rings. The van der Waals surface area contributed by atoms with Crippen LogP contribution in [0.1, 0.15) is 31.2 Å². The Kier molecular flexibility index (Phi) is 5.84. The van der Waals surface area contributed by atoms with E-state index >= 15 is 0 Å². The summed E-state index contributed by atoms with van der Waals surface area (Å²) in [5, 5.41) is 9.15. The van der Waals surface area contributed by atoms with Gasteiger partial charge in [0, 0.05) is 37.9 Å². The Balaban J connectivity index is 1.55. The maximum Gasteiger partial charge on any atom is 0.307 e. The van der Waals surface area contributed by atoms with E-state index in [1.54, 1.807) is 0 Å². The van der Waals surface area contributed by atoms with E-state index < -0.39 is 22.1 Å². The first kappa shape index (κ1) is 19.1. The average molecular weight is 381 g/mol. The van der Waals surface area contributed by atoms with E-state index in [1.165, 1.54) is 15.6 Å². The van der Waals surface area contributed by atoms with Gasteiger partial charge in [0.15, 0.2) is 0 Å². The molecule has 1 aromatic rings. The quantitative estimate of drug-likeness (QED) is 0.808. The molecule has 0 spiro atoms. The standard InChI is InChI=1S/C18H27N3O4S/c1-14-4-2-6-17(12-14)20-10-7-16(8-11-20)19-26(24,25)21-9-3-5-15(13-21)18(22)23/h2,4,6,12,15-16,19H,3,5,7-11,13H2,1H3,(H,22,23)/t15-/m1/s1. The van der Waals surface area contributed by atoms with Crippen LogP contribution in [0.2, 0.25) is 0 Å². The maximum absolute atomic E-state index is 12.6. The van der Waals surface area contributed by atoms with Crippen LogP contribution in [-0.4, -0.2) is 56.0 Å². The van der Waals surface area contributed by atoms with Gasteiger partial charge in [-0.15, -0.1) is 0 Å². The van der Waals surface area contributed by atoms with Gasteiger partial charge >= 0.3 is 5.97 Å². The number of rotatable bonds is 5. The fourth-order valence-corrected chi connectivity index (χ4v) is 5.28. The molecule has 2 N–H and O–H groups in total. The van der Waals surface area contributed by atoms with Gasteiger partial charge in [-0.1, -0.05) is 12.1 Å². The van der Waals surface area contributed by atoms with E-state index in [9.17, 15) is 13.2 Å². The van der Waals surface area contributed by atoms with Gasteiger partial charge in [-0.3, -0.25) is 4.79 Å². The monoisotopic (exact) mass is 381 g/mol. The second kappa shape index (κ2) is 7.94. The molecule has 0 amide bonds. The summed E-state index contributed by atoms with van der Waals surface area (Å²) in [6, 6.07) is 8.22. The molecule has 0 saturated carbocycles. The Bertz CT molecular complexity index is 745. The highest BCUT2D eigenvalue weighted by Crippen LogP contribution is 2.23. The fourth-order valence-electron chi connectivity index (χ4n) is 3.73. The Morgan fingerprint density at radius 3 is 2.58 bits per heavy atom. The van der Waals surface area contributed by atoms with Crippen molar-refractivity contribution in [3.05, 3.63) is 29.8 Å². The van der Waals surface area contributed by atoms with Crippen LogP contribution >= 0.6 is 0 Å². The lowest BCUT2D eigenvalue weighted by molar-refractivity contribution is -0.142. The van der Waals surface area contributed by atoms with E-state index in [0.717, 1.165) is 25.9 Å². The van der Waals surface area contributed by atoms with Crippen LogP contribution in [-0.2, 0) is 15.0 Å². The van der Waals surface area contributed by atoms with Crippen LogP contribution in [0.5, 0.6) is 0 Å². The van der Waals surface area contributed by atoms with E-state index in [4.69, 9.17) is 5.11 Å². The molecule has 0 radical (unpaired) electrons. The van der Waals surface area contributed by atoms with Gasteiger partial charge in [0.25, 0.3) is 10.2 Å². The van der Waals surface area contributed by atoms with Crippen molar-refractivity contribution in [2.75, 3.05) is 31.1 Å². The molecule has 0 aromatic heterocycles. The highest BCUT2D eigenvalue weighted by atomic mass is 32.2. The third-order valence-corrected chi connectivity index (χ3v) is 6.89. The van der Waals surface area contributed by atoms with Crippen molar-refractivity contribution in [1.82, 2.24) is 9.03 Å². The first-order valence-corrected chi connectivity index (χ1v) is 10.6. The number of hydrogen-bond acceptors (Lipinski definition) is 4. The van der Waals surface area contributed by atoms with Crippen LogP contribution < -0.4 is 9.62 Å². The van der Waals surface area contributed by atoms with Crippen LogP contribution in [0.4, 0.5) is 5.69 Å². The predicted octanol–water partition coefficient (Wildman–Crippen LogP) is 1.59. The minimum absolute atomic E-state index is 0.0623. The summed E-state index contributed by atoms with van der Waals surface area (Å²) in [5.74, 6) is -1.53. The number of aryl methyl sites for hydroxylation is 1. The second-order valence-corrected chi connectivity index (χ2v) is 8.96. The number of anilines is 1. The zero-order valence-corrected chi connectivity index (χ0v) is 15.9. The molecule has 0 bridgehead atoms. The van der Waals surface area contributed by atoms with Gasteiger partial charge < -0.3 is 10.0 Å². The lowest BCUT2D eigenvalue weighted by Gasteiger charge is -2.36.